The topological polar surface area (TPSA) is 214 Å². The van der Waals surface area contributed by atoms with Crippen LogP contribution < -0.4 is 15.0 Å². The van der Waals surface area contributed by atoms with Crippen LogP contribution in [0.1, 0.15) is 52.5 Å². The molecule has 55 heavy (non-hydrogen) atoms. The summed E-state index contributed by atoms with van der Waals surface area (Å²) in [7, 11) is 5.90. The minimum Gasteiger partial charge on any atom is -0.495 e. The van der Waals surface area contributed by atoms with Gasteiger partial charge in [0, 0.05) is 45.0 Å². The van der Waals surface area contributed by atoms with Gasteiger partial charge in [-0.3, -0.25) is 14.9 Å². The van der Waals surface area contributed by atoms with Gasteiger partial charge in [0.1, 0.15) is 40.7 Å². The molecule has 2 unspecified atom stereocenters. The summed E-state index contributed by atoms with van der Waals surface area (Å²) in [5.41, 5.74) is 7.36. The number of nitrogens with one attached hydrogen (secondary N) is 1. The minimum atomic E-state index is -1.85. The first-order valence-electron chi connectivity index (χ1n) is 17.9. The average Bonchev–Trinajstić information content (AvgIpc) is 3.84. The zero-order chi connectivity index (χ0) is 40.7. The Bertz CT molecular complexity index is 1720. The van der Waals surface area contributed by atoms with Gasteiger partial charge in [-0.25, -0.2) is 9.59 Å². The first-order chi connectivity index (χ1) is 26.0. The molecule has 0 spiro atoms. The number of epoxide rings is 1. The van der Waals surface area contributed by atoms with Gasteiger partial charge in [-0.2, -0.15) is 0 Å². The van der Waals surface area contributed by atoms with Crippen molar-refractivity contribution >= 4 is 41.2 Å². The molecule has 302 valence electrons. The Kier molecular flexibility index (Phi) is 14.6. The highest BCUT2D eigenvalue weighted by Crippen LogP contribution is 2.49. The number of carbonyl (C=O) groups is 4. The molecule has 0 aromatic heterocycles. The van der Waals surface area contributed by atoms with E-state index in [1.54, 1.807) is 45.2 Å². The van der Waals surface area contributed by atoms with Crippen molar-refractivity contribution in [1.29, 1.82) is 0 Å². The number of carbonyl (C=O) groups excluding carboxylic acids is 4. The van der Waals surface area contributed by atoms with Gasteiger partial charge in [-0.15, -0.1) is 0 Å². The number of allylic oxidation sites excluding steroid dienone is 3. The minimum absolute atomic E-state index is 0.0445. The maximum Gasteiger partial charge on any atom is 0.409 e. The molecule has 1 aromatic rings. The number of hydrogen-bond donors (Lipinski definition) is 2. The van der Waals surface area contributed by atoms with Crippen molar-refractivity contribution in [2.45, 2.75) is 95.2 Å². The number of methoxy groups -OCH3 is 2. The maximum absolute atomic E-state index is 14.1. The summed E-state index contributed by atoms with van der Waals surface area (Å²) in [6, 6.07) is 2.49. The lowest BCUT2D eigenvalue weighted by Crippen LogP contribution is -2.63. The summed E-state index contributed by atoms with van der Waals surface area (Å²) in [6.07, 6.45) is 0.636. The molecule has 4 bridgehead atoms. The predicted octanol–water partition coefficient (Wildman–Crippen LogP) is 4.23. The van der Waals surface area contributed by atoms with Crippen molar-refractivity contribution < 1.29 is 52.7 Å². The maximum atomic E-state index is 14.1. The zero-order valence-electron chi connectivity index (χ0n) is 32.4. The molecule has 0 radical (unpaired) electrons. The van der Waals surface area contributed by atoms with Crippen LogP contribution in [0.2, 0.25) is 5.02 Å². The first kappa shape index (κ1) is 43.3. The summed E-state index contributed by atoms with van der Waals surface area (Å²) in [4.78, 5) is 58.9. The molecule has 17 nitrogen and oxygen atoms in total. The number of aliphatic hydroxyl groups is 1. The Morgan fingerprint density at radius 3 is 2.67 bits per heavy atom. The second kappa shape index (κ2) is 18.5. The van der Waals surface area contributed by atoms with Crippen LogP contribution in [0.3, 0.4) is 0 Å². The van der Waals surface area contributed by atoms with E-state index in [4.69, 9.17) is 45.6 Å². The Labute approximate surface area is 325 Å². The Morgan fingerprint density at radius 1 is 1.27 bits per heavy atom. The number of nitrogens with zero attached hydrogens (tertiary/aromatic N) is 5. The number of esters is 1. The zero-order valence-corrected chi connectivity index (χ0v) is 33.2. The van der Waals surface area contributed by atoms with E-state index in [2.05, 4.69) is 15.3 Å². The molecule has 0 aliphatic carbocycles. The molecular weight excluding hydrogens is 740 g/mol. The predicted molar refractivity (Wildman–Crippen MR) is 200 cm³/mol. The van der Waals surface area contributed by atoms with Gasteiger partial charge in [0.2, 0.25) is 11.8 Å². The fourth-order valence-electron chi connectivity index (χ4n) is 6.81. The molecular formula is C37H51ClN6O11. The molecule has 2 fully saturated rings. The van der Waals surface area contributed by atoms with Gasteiger partial charge in [-0.1, -0.05) is 47.4 Å². The number of benzene rings is 1. The van der Waals surface area contributed by atoms with Crippen molar-refractivity contribution in [3.8, 4) is 5.75 Å². The van der Waals surface area contributed by atoms with Crippen LogP contribution in [0.4, 0.5) is 10.5 Å². The summed E-state index contributed by atoms with van der Waals surface area (Å²) >= 11 is 6.75. The highest BCUT2D eigenvalue weighted by Gasteiger charge is 2.64. The number of azide groups is 1. The number of rotatable bonds is 11. The van der Waals surface area contributed by atoms with Crippen LogP contribution in [0.25, 0.3) is 10.4 Å². The van der Waals surface area contributed by atoms with Crippen LogP contribution in [0.15, 0.2) is 41.0 Å². The second-order valence-electron chi connectivity index (χ2n) is 14.2. The Morgan fingerprint density at radius 2 is 2.00 bits per heavy atom. The lowest BCUT2D eigenvalue weighted by molar-refractivity contribution is -0.162. The molecule has 18 heteroatoms. The lowest BCUT2D eigenvalue weighted by Gasteiger charge is -2.42. The quantitative estimate of drug-likeness (QED) is 0.0808. The number of hydrogen-bond acceptors (Lipinski definition) is 12. The molecule has 0 saturated carbocycles. The second-order valence-corrected chi connectivity index (χ2v) is 14.6. The molecule has 4 rings (SSSR count). The SMILES string of the molecule is COc1cc2cc(c1Cl)N(C)C(=O)C[C@H](OC(=O)[C@H](C)N(C)C(=O)CCOCCN=[N+]=[N-])C1(C)O[C@H]1[C@H](C)[C@@H]1C[C@@](O)(NC(=O)O1)C(OC)/C=C/C=C(\C)C2. The van der Waals surface area contributed by atoms with Gasteiger partial charge in [-0.05, 0) is 50.4 Å². The third-order valence-corrected chi connectivity index (χ3v) is 10.8. The fraction of sp³-hybridized carbons (Fsp3) is 0.622. The van der Waals surface area contributed by atoms with E-state index in [1.807, 2.05) is 13.0 Å². The van der Waals surface area contributed by atoms with Gasteiger partial charge in [0.15, 0.2) is 5.72 Å². The normalized spacial score (nSPS) is 30.3. The van der Waals surface area contributed by atoms with Crippen molar-refractivity contribution in [3.63, 3.8) is 0 Å². The number of fused-ring (bicyclic) bond motifs is 5. The van der Waals surface area contributed by atoms with Crippen LogP contribution in [-0.4, -0.2) is 124 Å². The third-order valence-electron chi connectivity index (χ3n) is 10.4. The van der Waals surface area contributed by atoms with Crippen molar-refractivity contribution in [2.24, 2.45) is 11.0 Å². The van der Waals surface area contributed by atoms with Crippen LogP contribution in [-0.2, 0) is 44.5 Å². The van der Waals surface area contributed by atoms with Crippen molar-refractivity contribution in [3.05, 3.63) is 57.0 Å². The van der Waals surface area contributed by atoms with E-state index in [9.17, 15) is 24.3 Å². The molecule has 2 N–H and O–H groups in total. The van der Waals surface area contributed by atoms with E-state index >= 15 is 0 Å². The average molecular weight is 791 g/mol. The summed E-state index contributed by atoms with van der Waals surface area (Å²) < 4.78 is 34.5. The van der Waals surface area contributed by atoms with Gasteiger partial charge in [0.05, 0.1) is 45.0 Å². The number of likely N-dealkylation sites (N-methyl/N-ethyl adjacent to an activating group) is 1. The number of anilines is 1. The smallest absolute Gasteiger partial charge is 0.409 e. The highest BCUT2D eigenvalue weighted by atomic mass is 35.5. The third kappa shape index (κ3) is 10.3. The van der Waals surface area contributed by atoms with Crippen LogP contribution in [0, 0.1) is 5.92 Å². The number of alkyl carbamates (subject to hydrolysis) is 1. The number of ether oxygens (including phenoxy) is 6. The van der Waals surface area contributed by atoms with E-state index in [-0.39, 0.29) is 44.0 Å². The van der Waals surface area contributed by atoms with Gasteiger partial charge < -0.3 is 43.3 Å². The standard InChI is InChI=1S/C37H51ClN6O11/c1-21-10-9-11-28(51-8)37(49)20-27(53-35(48)41-37)22(2)33-36(4,55-33)29(19-31(46)44(6)25-17-24(16-21)18-26(50-7)32(25)38)54-34(47)23(3)43(5)30(45)12-14-52-15-13-40-42-39/h9-11,17-18,22-23,27-29,33,49H,12-16,19-20H2,1-8H3,(H,41,48)/b11-9+,21-10+/t22-,23+,27+,28?,29+,33+,36?,37+/m1/s1. The van der Waals surface area contributed by atoms with Gasteiger partial charge >= 0.3 is 12.1 Å². The molecule has 8 atom stereocenters. The van der Waals surface area contributed by atoms with Crippen molar-refractivity contribution in [1.82, 2.24) is 10.2 Å². The van der Waals surface area contributed by atoms with E-state index in [0.717, 1.165) is 11.1 Å². The van der Waals surface area contributed by atoms with E-state index in [0.29, 0.717) is 17.9 Å². The van der Waals surface area contributed by atoms with Crippen LogP contribution >= 0.6 is 11.6 Å². The molecule has 3 aliphatic rings. The lowest BCUT2D eigenvalue weighted by atomic mass is 9.83. The highest BCUT2D eigenvalue weighted by molar-refractivity contribution is 6.35. The first-order valence-corrected chi connectivity index (χ1v) is 18.3. The molecule has 2 saturated heterocycles. The molecule has 3 amide bonds. The number of halogens is 1. The van der Waals surface area contributed by atoms with Gasteiger partial charge in [0.25, 0.3) is 0 Å². The summed E-state index contributed by atoms with van der Waals surface area (Å²) in [6.45, 7) is 7.18. The molecule has 1 aromatic carbocycles. The monoisotopic (exact) mass is 790 g/mol. The van der Waals surface area contributed by atoms with Crippen molar-refractivity contribution in [2.75, 3.05) is 53.0 Å². The largest absolute Gasteiger partial charge is 0.495 e. The molecule has 3 heterocycles. The van der Waals surface area contributed by atoms with Crippen LogP contribution in [0.5, 0.6) is 5.75 Å². The fourth-order valence-corrected chi connectivity index (χ4v) is 7.12. The van der Waals surface area contributed by atoms with E-state index in [1.165, 1.54) is 38.0 Å². The van der Waals surface area contributed by atoms with E-state index < -0.39 is 71.6 Å². The number of amides is 3. The summed E-state index contributed by atoms with van der Waals surface area (Å²) in [5, 5.41) is 17.8. The Hall–Kier alpha value is -4.38. The summed E-state index contributed by atoms with van der Waals surface area (Å²) in [5.74, 6) is -1.86. The Balaban J connectivity index is 1.68. The molecule has 3 aliphatic heterocycles.